The van der Waals surface area contributed by atoms with Crippen molar-refractivity contribution in [3.63, 3.8) is 0 Å². The Morgan fingerprint density at radius 1 is 1.00 bits per heavy atom. The maximum Gasteiger partial charge on any atom is 0.126 e. The maximum absolute atomic E-state index is 13.8. The van der Waals surface area contributed by atoms with E-state index in [-0.39, 0.29) is 5.82 Å². The van der Waals surface area contributed by atoms with Gasteiger partial charge in [0.1, 0.15) is 5.82 Å². The average Bonchev–Trinajstić information content (AvgIpc) is 2.63. The summed E-state index contributed by atoms with van der Waals surface area (Å²) in [7, 11) is 0. The van der Waals surface area contributed by atoms with Gasteiger partial charge < -0.3 is 0 Å². The minimum absolute atomic E-state index is 0.0348. The molecule has 0 atom stereocenters. The molecule has 0 aliphatic heterocycles. The van der Waals surface area contributed by atoms with Gasteiger partial charge in [0.05, 0.1) is 0 Å². The Hall–Kier alpha value is -1.11. The number of rotatable bonds is 5. The molecule has 0 aromatic heterocycles. The van der Waals surface area contributed by atoms with Gasteiger partial charge in [-0.05, 0) is 99.2 Å². The molecule has 2 saturated carbocycles. The van der Waals surface area contributed by atoms with Gasteiger partial charge in [-0.2, -0.15) is 0 Å². The Labute approximate surface area is 147 Å². The molecule has 1 aromatic carbocycles. The van der Waals surface area contributed by atoms with Gasteiger partial charge in [0, 0.05) is 0 Å². The summed E-state index contributed by atoms with van der Waals surface area (Å²) in [5, 5.41) is 0. The molecule has 132 valence electrons. The first-order valence-electron chi connectivity index (χ1n) is 10.0. The highest BCUT2D eigenvalue weighted by Gasteiger charge is 2.31. The molecule has 0 heterocycles. The molecule has 0 spiro atoms. The molecule has 2 aliphatic carbocycles. The second kappa shape index (κ2) is 8.32. The van der Waals surface area contributed by atoms with Crippen LogP contribution in [0.4, 0.5) is 4.39 Å². The van der Waals surface area contributed by atoms with Crippen LogP contribution in [0.15, 0.2) is 30.9 Å². The van der Waals surface area contributed by atoms with Gasteiger partial charge in [-0.1, -0.05) is 31.1 Å². The van der Waals surface area contributed by atoms with E-state index in [0.29, 0.717) is 5.92 Å². The van der Waals surface area contributed by atoms with Crippen molar-refractivity contribution in [2.45, 2.75) is 77.0 Å². The van der Waals surface area contributed by atoms with Crippen molar-refractivity contribution in [3.05, 3.63) is 47.8 Å². The zero-order valence-electron chi connectivity index (χ0n) is 15.3. The topological polar surface area (TPSA) is 0 Å². The van der Waals surface area contributed by atoms with Crippen molar-refractivity contribution in [2.24, 2.45) is 17.8 Å². The summed E-state index contributed by atoms with van der Waals surface area (Å²) < 4.78 is 13.8. The minimum Gasteiger partial charge on any atom is -0.207 e. The normalized spacial score (nSPS) is 30.9. The summed E-state index contributed by atoms with van der Waals surface area (Å²) >= 11 is 0. The molecule has 2 aliphatic rings. The number of hydrogen-bond acceptors (Lipinski definition) is 0. The fourth-order valence-corrected chi connectivity index (χ4v) is 5.09. The van der Waals surface area contributed by atoms with E-state index in [1.54, 1.807) is 6.07 Å². The van der Waals surface area contributed by atoms with Gasteiger partial charge in [0.25, 0.3) is 0 Å². The Balaban J connectivity index is 1.47. The lowest BCUT2D eigenvalue weighted by atomic mass is 9.68. The average molecular weight is 329 g/mol. The summed E-state index contributed by atoms with van der Waals surface area (Å²) in [6.07, 6.45) is 15.6. The minimum atomic E-state index is -0.0348. The summed E-state index contributed by atoms with van der Waals surface area (Å²) in [6.45, 7) is 5.70. The van der Waals surface area contributed by atoms with Crippen LogP contribution < -0.4 is 0 Å². The van der Waals surface area contributed by atoms with Crippen LogP contribution in [0, 0.1) is 30.5 Å². The number of hydrogen-bond donors (Lipinski definition) is 0. The molecular formula is C23H33F. The molecule has 3 rings (SSSR count). The lowest BCUT2D eigenvalue weighted by Gasteiger charge is -2.38. The SMILES string of the molecule is C=CCCC1CCC(C2CCC(c3ccc(C)c(F)c3)CC2)CC1. The second-order valence-corrected chi connectivity index (χ2v) is 8.27. The first-order chi connectivity index (χ1) is 11.7. The van der Waals surface area contributed by atoms with E-state index in [1.165, 1.54) is 69.8 Å². The van der Waals surface area contributed by atoms with Crippen LogP contribution in [-0.2, 0) is 0 Å². The molecule has 24 heavy (non-hydrogen) atoms. The second-order valence-electron chi connectivity index (χ2n) is 8.27. The van der Waals surface area contributed by atoms with Gasteiger partial charge in [-0.15, -0.1) is 6.58 Å². The molecule has 0 unspecified atom stereocenters. The van der Waals surface area contributed by atoms with E-state index >= 15 is 0 Å². The fourth-order valence-electron chi connectivity index (χ4n) is 5.09. The van der Waals surface area contributed by atoms with Crippen LogP contribution in [0.5, 0.6) is 0 Å². The van der Waals surface area contributed by atoms with Crippen LogP contribution >= 0.6 is 0 Å². The third-order valence-electron chi connectivity index (χ3n) is 6.78. The smallest absolute Gasteiger partial charge is 0.126 e. The molecule has 1 aromatic rings. The van der Waals surface area contributed by atoms with E-state index < -0.39 is 0 Å². The van der Waals surface area contributed by atoms with Gasteiger partial charge >= 0.3 is 0 Å². The van der Waals surface area contributed by atoms with Crippen LogP contribution in [0.3, 0.4) is 0 Å². The van der Waals surface area contributed by atoms with E-state index in [1.807, 2.05) is 13.0 Å². The van der Waals surface area contributed by atoms with E-state index in [0.717, 1.165) is 23.3 Å². The molecule has 0 nitrogen and oxygen atoms in total. The molecule has 0 bridgehead atoms. The van der Waals surface area contributed by atoms with E-state index in [9.17, 15) is 4.39 Å². The van der Waals surface area contributed by atoms with Gasteiger partial charge in [0.15, 0.2) is 0 Å². The van der Waals surface area contributed by atoms with Gasteiger partial charge in [-0.3, -0.25) is 0 Å². The predicted molar refractivity (Wildman–Crippen MR) is 101 cm³/mol. The fraction of sp³-hybridized carbons (Fsp3) is 0.652. The van der Waals surface area contributed by atoms with Gasteiger partial charge in [0.2, 0.25) is 0 Å². The highest BCUT2D eigenvalue weighted by atomic mass is 19.1. The van der Waals surface area contributed by atoms with Crippen molar-refractivity contribution < 1.29 is 4.39 Å². The molecule has 0 amide bonds. The predicted octanol–water partition coefficient (Wildman–Crippen LogP) is 7.18. The van der Waals surface area contributed by atoms with Crippen molar-refractivity contribution in [3.8, 4) is 0 Å². The number of halogens is 1. The van der Waals surface area contributed by atoms with E-state index in [2.05, 4.69) is 18.7 Å². The Kier molecular flexibility index (Phi) is 6.14. The van der Waals surface area contributed by atoms with Crippen LogP contribution in [-0.4, -0.2) is 0 Å². The molecule has 0 radical (unpaired) electrons. The maximum atomic E-state index is 13.8. The zero-order valence-corrected chi connectivity index (χ0v) is 15.3. The third-order valence-corrected chi connectivity index (χ3v) is 6.78. The lowest BCUT2D eigenvalue weighted by Crippen LogP contribution is -2.25. The molecular weight excluding hydrogens is 295 g/mol. The first kappa shape index (κ1) is 17.7. The zero-order chi connectivity index (χ0) is 16.9. The van der Waals surface area contributed by atoms with Crippen molar-refractivity contribution in [2.75, 3.05) is 0 Å². The van der Waals surface area contributed by atoms with E-state index in [4.69, 9.17) is 0 Å². The number of allylic oxidation sites excluding steroid dienone is 1. The molecule has 1 heteroatoms. The van der Waals surface area contributed by atoms with Crippen molar-refractivity contribution >= 4 is 0 Å². The largest absolute Gasteiger partial charge is 0.207 e. The summed E-state index contributed by atoms with van der Waals surface area (Å²) in [5.74, 6) is 3.39. The quantitative estimate of drug-likeness (QED) is 0.502. The lowest BCUT2D eigenvalue weighted by molar-refractivity contribution is 0.157. The number of benzene rings is 1. The highest BCUT2D eigenvalue weighted by Crippen LogP contribution is 2.44. The van der Waals surface area contributed by atoms with Crippen LogP contribution in [0.25, 0.3) is 0 Å². The monoisotopic (exact) mass is 328 g/mol. The Morgan fingerprint density at radius 2 is 1.62 bits per heavy atom. The summed E-state index contributed by atoms with van der Waals surface area (Å²) in [5.41, 5.74) is 1.99. The van der Waals surface area contributed by atoms with Crippen LogP contribution in [0.1, 0.15) is 81.3 Å². The number of aryl methyl sites for hydroxylation is 1. The molecule has 0 saturated heterocycles. The highest BCUT2D eigenvalue weighted by molar-refractivity contribution is 5.26. The van der Waals surface area contributed by atoms with Gasteiger partial charge in [-0.25, -0.2) is 4.39 Å². The first-order valence-corrected chi connectivity index (χ1v) is 10.0. The third kappa shape index (κ3) is 4.29. The summed E-state index contributed by atoms with van der Waals surface area (Å²) in [6, 6.07) is 5.88. The van der Waals surface area contributed by atoms with Crippen molar-refractivity contribution in [1.29, 1.82) is 0 Å². The van der Waals surface area contributed by atoms with Crippen molar-refractivity contribution in [1.82, 2.24) is 0 Å². The summed E-state index contributed by atoms with van der Waals surface area (Å²) in [4.78, 5) is 0. The van der Waals surface area contributed by atoms with Crippen LogP contribution in [0.2, 0.25) is 0 Å². The Morgan fingerprint density at radius 3 is 2.21 bits per heavy atom. The molecule has 0 N–H and O–H groups in total. The standard InChI is InChI=1S/C23H33F/c1-3-4-5-18-7-10-19(11-8-18)20-12-14-21(15-13-20)22-9-6-17(2)23(24)16-22/h3,6,9,16,18-21H,1,4-5,7-8,10-15H2,2H3. The Bertz CT molecular complexity index is 531. The molecule has 2 fully saturated rings.